The van der Waals surface area contributed by atoms with Gasteiger partial charge >= 0.3 is 0 Å². The normalized spacial score (nSPS) is 30.1. The summed E-state index contributed by atoms with van der Waals surface area (Å²) in [7, 11) is 0. The smallest absolute Gasteiger partial charge is 0.240 e. The molecule has 5 fully saturated rings. The second-order valence-electron chi connectivity index (χ2n) is 17.1. The molecule has 0 aromatic heterocycles. The predicted molar refractivity (Wildman–Crippen MR) is 199 cm³/mol. The Morgan fingerprint density at radius 2 is 1.80 bits per heavy atom. The summed E-state index contributed by atoms with van der Waals surface area (Å²) in [6, 6.07) is 16.5. The highest BCUT2D eigenvalue weighted by Crippen LogP contribution is 2.61. The number of hydroxylamine groups is 2. The number of benzene rings is 2. The third-order valence-corrected chi connectivity index (χ3v) is 13.1. The van der Waals surface area contributed by atoms with Crippen molar-refractivity contribution in [3.63, 3.8) is 0 Å². The molecule has 1 amide bonds. The molecule has 3 aliphatic carbocycles. The highest BCUT2D eigenvalue weighted by Gasteiger charge is 2.57. The van der Waals surface area contributed by atoms with Gasteiger partial charge in [0.05, 0.1) is 13.2 Å². The number of aliphatic hydroxyl groups is 1. The van der Waals surface area contributed by atoms with E-state index >= 15 is 0 Å². The molecule has 2 heterocycles. The highest BCUT2D eigenvalue weighted by molar-refractivity contribution is 5.82. The molecule has 1 unspecified atom stereocenters. The van der Waals surface area contributed by atoms with Gasteiger partial charge in [-0.2, -0.15) is 5.06 Å². The summed E-state index contributed by atoms with van der Waals surface area (Å²) in [5.74, 6) is 2.62. The van der Waals surface area contributed by atoms with Gasteiger partial charge in [0.2, 0.25) is 5.91 Å². The van der Waals surface area contributed by atoms with Gasteiger partial charge in [-0.1, -0.05) is 84.0 Å². The van der Waals surface area contributed by atoms with Crippen LogP contribution in [0.15, 0.2) is 48.5 Å². The Bertz CT molecular complexity index is 1430. The van der Waals surface area contributed by atoms with Crippen LogP contribution >= 0.6 is 0 Å². The van der Waals surface area contributed by atoms with Crippen LogP contribution < -0.4 is 5.32 Å². The number of aromatic hydroxyl groups is 1. The molecule has 8 atom stereocenters. The number of rotatable bonds is 15. The summed E-state index contributed by atoms with van der Waals surface area (Å²) in [4.78, 5) is 25.7. The maximum Gasteiger partial charge on any atom is 0.240 e. The minimum Gasteiger partial charge on any atom is -0.508 e. The fourth-order valence-electron chi connectivity index (χ4n) is 10.0. The SMILES string of the molecule is CC[C@@H]1[C@H](CO)ON(Cc2cccc(CN(Cc3ccccc3O)[C@@H](CC(C)C)CN3CCCC3)c2)[C@@H]1C(=O)NC1C[C@H]2C[C@@H]([C@@H]1C)C2(C)C. The van der Waals surface area contributed by atoms with Gasteiger partial charge in [0.25, 0.3) is 0 Å². The van der Waals surface area contributed by atoms with Crippen molar-refractivity contribution in [2.45, 2.75) is 124 Å². The van der Waals surface area contributed by atoms with Gasteiger partial charge in [-0.25, -0.2) is 0 Å². The van der Waals surface area contributed by atoms with E-state index in [0.29, 0.717) is 54.0 Å². The van der Waals surface area contributed by atoms with Gasteiger partial charge in [0.1, 0.15) is 17.9 Å². The second-order valence-corrected chi connectivity index (χ2v) is 17.1. The maximum absolute atomic E-state index is 14.1. The van der Waals surface area contributed by atoms with Gasteiger partial charge in [-0.05, 0) is 97.9 Å². The Kier molecular flexibility index (Phi) is 12.0. The number of fused-ring (bicyclic) bond motifs is 2. The molecule has 0 radical (unpaired) electrons. The van der Waals surface area contributed by atoms with Crippen molar-refractivity contribution in [2.75, 3.05) is 26.2 Å². The Labute approximate surface area is 301 Å². The van der Waals surface area contributed by atoms with E-state index in [1.165, 1.54) is 24.8 Å². The van der Waals surface area contributed by atoms with Crippen LogP contribution in [0.4, 0.5) is 0 Å². The molecule has 2 aromatic carbocycles. The van der Waals surface area contributed by atoms with Gasteiger partial charge in [-0.15, -0.1) is 0 Å². The van der Waals surface area contributed by atoms with Crippen molar-refractivity contribution in [1.82, 2.24) is 20.2 Å². The van der Waals surface area contributed by atoms with Gasteiger partial charge in [0.15, 0.2) is 0 Å². The largest absolute Gasteiger partial charge is 0.508 e. The van der Waals surface area contributed by atoms with E-state index in [9.17, 15) is 15.0 Å². The summed E-state index contributed by atoms with van der Waals surface area (Å²) >= 11 is 0. The van der Waals surface area contributed by atoms with E-state index in [4.69, 9.17) is 4.84 Å². The quantitative estimate of drug-likeness (QED) is 0.195. The Balaban J connectivity index is 1.20. The lowest BCUT2D eigenvalue weighted by molar-refractivity contribution is -0.183. The molecule has 276 valence electrons. The number of aliphatic hydroxyl groups excluding tert-OH is 1. The lowest BCUT2D eigenvalue weighted by Crippen LogP contribution is -2.62. The number of para-hydroxylation sites is 1. The summed E-state index contributed by atoms with van der Waals surface area (Å²) in [5, 5.41) is 26.4. The van der Waals surface area contributed by atoms with E-state index in [1.807, 2.05) is 23.3 Å². The minimum absolute atomic E-state index is 0.0344. The average molecular weight is 689 g/mol. The van der Waals surface area contributed by atoms with Crippen LogP contribution in [0.3, 0.4) is 0 Å². The third kappa shape index (κ3) is 8.10. The number of phenols is 1. The standard InChI is InChI=1S/C42H64N4O4/c1-7-35-39(27-47)50-46(40(35)41(49)43-37-22-33-21-36(29(37)4)42(33,5)6)24-31-14-12-13-30(20-31)23-45(25-32-15-8-9-16-38(32)48)34(19-28(2)3)26-44-17-10-11-18-44/h8-9,12-16,20,28-29,33-37,39-40,47-48H,7,10-11,17-19,21-27H2,1-6H3,(H,43,49)/t29-,33+,34-,35+,36-,37?,39-,40-/m0/s1. The molecule has 2 aliphatic heterocycles. The van der Waals surface area contributed by atoms with Crippen molar-refractivity contribution < 1.29 is 19.8 Å². The first-order chi connectivity index (χ1) is 24.0. The number of hydrogen-bond donors (Lipinski definition) is 3. The second kappa shape index (κ2) is 16.0. The number of nitrogens with one attached hydrogen (secondary N) is 1. The van der Waals surface area contributed by atoms with Crippen LogP contribution in [-0.4, -0.2) is 81.5 Å². The molecule has 8 heteroatoms. The van der Waals surface area contributed by atoms with Crippen LogP contribution in [0.2, 0.25) is 0 Å². The Hall–Kier alpha value is -2.49. The van der Waals surface area contributed by atoms with E-state index in [-0.39, 0.29) is 24.5 Å². The number of carbonyl (C=O) groups excluding carboxylic acids is 1. The zero-order valence-corrected chi connectivity index (χ0v) is 31.6. The maximum atomic E-state index is 14.1. The van der Waals surface area contributed by atoms with Crippen molar-refractivity contribution in [3.05, 3.63) is 65.2 Å². The van der Waals surface area contributed by atoms with Gasteiger partial charge < -0.3 is 20.4 Å². The molecule has 7 rings (SSSR count). The fraction of sp³-hybridized carbons (Fsp3) is 0.690. The van der Waals surface area contributed by atoms with Crippen LogP contribution in [0, 0.1) is 35.0 Å². The molecule has 2 bridgehead atoms. The molecule has 50 heavy (non-hydrogen) atoms. The zero-order chi connectivity index (χ0) is 35.6. The topological polar surface area (TPSA) is 88.5 Å². The molecule has 3 saturated carbocycles. The lowest BCUT2D eigenvalue weighted by atomic mass is 9.45. The van der Waals surface area contributed by atoms with Crippen molar-refractivity contribution in [2.24, 2.45) is 35.0 Å². The number of carbonyl (C=O) groups is 1. The zero-order valence-electron chi connectivity index (χ0n) is 31.6. The van der Waals surface area contributed by atoms with Crippen molar-refractivity contribution >= 4 is 5.91 Å². The molecule has 3 N–H and O–H groups in total. The van der Waals surface area contributed by atoms with E-state index in [2.05, 4.69) is 80.9 Å². The van der Waals surface area contributed by atoms with Gasteiger partial charge in [-0.3, -0.25) is 14.5 Å². The van der Waals surface area contributed by atoms with Crippen LogP contribution in [0.1, 0.15) is 96.8 Å². The molecule has 2 aromatic rings. The number of phenolic OH excluding ortho intramolecular Hbond substituents is 1. The van der Waals surface area contributed by atoms with Crippen LogP contribution in [0.25, 0.3) is 0 Å². The van der Waals surface area contributed by atoms with E-state index < -0.39 is 12.1 Å². The van der Waals surface area contributed by atoms with E-state index in [0.717, 1.165) is 56.6 Å². The number of amides is 1. The highest BCUT2D eigenvalue weighted by atomic mass is 16.7. The Morgan fingerprint density at radius 3 is 2.46 bits per heavy atom. The predicted octanol–water partition coefficient (Wildman–Crippen LogP) is 6.59. The van der Waals surface area contributed by atoms with Crippen LogP contribution in [-0.2, 0) is 29.3 Å². The minimum atomic E-state index is -0.451. The third-order valence-electron chi connectivity index (χ3n) is 13.1. The average Bonchev–Trinajstić information content (AvgIpc) is 3.73. The van der Waals surface area contributed by atoms with Crippen molar-refractivity contribution in [3.8, 4) is 5.75 Å². The van der Waals surface area contributed by atoms with E-state index in [1.54, 1.807) is 6.07 Å². The Morgan fingerprint density at radius 1 is 1.06 bits per heavy atom. The lowest BCUT2D eigenvalue weighted by Gasteiger charge is -2.62. The number of likely N-dealkylation sites (tertiary alicyclic amines) is 1. The number of hydrogen-bond acceptors (Lipinski definition) is 7. The first-order valence-electron chi connectivity index (χ1n) is 19.6. The fourth-order valence-corrected chi connectivity index (χ4v) is 10.0. The van der Waals surface area contributed by atoms with Crippen molar-refractivity contribution in [1.29, 1.82) is 0 Å². The molecule has 0 spiro atoms. The summed E-state index contributed by atoms with van der Waals surface area (Å²) in [6.07, 6.45) is 6.30. The molecular weight excluding hydrogens is 624 g/mol. The summed E-state index contributed by atoms with van der Waals surface area (Å²) in [5.41, 5.74) is 3.61. The monoisotopic (exact) mass is 688 g/mol. The first kappa shape index (κ1) is 37.3. The molecule has 2 saturated heterocycles. The summed E-state index contributed by atoms with van der Waals surface area (Å²) in [6.45, 7) is 18.9. The first-order valence-corrected chi connectivity index (χ1v) is 19.6. The number of nitrogens with zero attached hydrogens (tertiary/aromatic N) is 3. The van der Waals surface area contributed by atoms with Gasteiger partial charge in [0, 0.05) is 43.2 Å². The molecule has 8 nitrogen and oxygen atoms in total. The summed E-state index contributed by atoms with van der Waals surface area (Å²) < 4.78 is 0. The molecular formula is C42H64N4O4. The molecule has 5 aliphatic rings. The van der Waals surface area contributed by atoms with Crippen LogP contribution in [0.5, 0.6) is 5.75 Å².